The van der Waals surface area contributed by atoms with Crippen LogP contribution in [-0.2, 0) is 0 Å². The summed E-state index contributed by atoms with van der Waals surface area (Å²) in [6, 6.07) is 0. The van der Waals surface area contributed by atoms with Crippen LogP contribution >= 0.6 is 0 Å². The van der Waals surface area contributed by atoms with Crippen LogP contribution in [0.2, 0.25) is 0 Å². The van der Waals surface area contributed by atoms with Crippen molar-refractivity contribution in [1.82, 2.24) is 0 Å². The van der Waals surface area contributed by atoms with E-state index in [0.717, 1.165) is 6.42 Å². The van der Waals surface area contributed by atoms with Crippen molar-refractivity contribution in [2.45, 2.75) is 27.2 Å². The Morgan fingerprint density at radius 1 is 1.42 bits per heavy atom. The van der Waals surface area contributed by atoms with Crippen LogP contribution in [0.25, 0.3) is 0 Å². The minimum absolute atomic E-state index is 0.556. The number of allylic oxidation sites excluding steroid dienone is 4. The highest BCUT2D eigenvalue weighted by Gasteiger charge is 1.96. The molecule has 0 aromatic carbocycles. The van der Waals surface area contributed by atoms with Gasteiger partial charge in [0.1, 0.15) is 0 Å². The van der Waals surface area contributed by atoms with Gasteiger partial charge in [0.05, 0.1) is 0 Å². The van der Waals surface area contributed by atoms with Gasteiger partial charge >= 0.3 is 0 Å². The van der Waals surface area contributed by atoms with Gasteiger partial charge in [-0.15, -0.1) is 0 Å². The van der Waals surface area contributed by atoms with E-state index in [1.807, 2.05) is 12.2 Å². The van der Waals surface area contributed by atoms with Crippen molar-refractivity contribution >= 4 is 0 Å². The van der Waals surface area contributed by atoms with Gasteiger partial charge in [0.15, 0.2) is 0 Å². The maximum absolute atomic E-state index is 5.43. The minimum Gasteiger partial charge on any atom is -0.399 e. The zero-order valence-corrected chi connectivity index (χ0v) is 8.30. The van der Waals surface area contributed by atoms with Crippen molar-refractivity contribution in [1.29, 1.82) is 0 Å². The van der Waals surface area contributed by atoms with Crippen LogP contribution in [-0.4, -0.2) is 0 Å². The van der Waals surface area contributed by atoms with E-state index < -0.39 is 0 Å². The van der Waals surface area contributed by atoms with Crippen LogP contribution in [0.15, 0.2) is 36.1 Å². The fourth-order valence-electron chi connectivity index (χ4n) is 0.935. The normalized spacial score (nSPS) is 12.8. The summed E-state index contributed by atoms with van der Waals surface area (Å²) in [6.45, 7) is 10.1. The van der Waals surface area contributed by atoms with Crippen molar-refractivity contribution in [2.75, 3.05) is 0 Å². The average Bonchev–Trinajstić information content (AvgIpc) is 1.96. The summed E-state index contributed by atoms with van der Waals surface area (Å²) in [5.74, 6) is 0.556. The lowest BCUT2D eigenvalue weighted by molar-refractivity contribution is 0.785. The van der Waals surface area contributed by atoms with Crippen molar-refractivity contribution in [2.24, 2.45) is 11.7 Å². The predicted molar refractivity (Wildman–Crippen MR) is 55.7 cm³/mol. The molecule has 0 amide bonds. The van der Waals surface area contributed by atoms with Gasteiger partial charge in [-0.3, -0.25) is 0 Å². The molecule has 12 heavy (non-hydrogen) atoms. The molecule has 0 spiro atoms. The molecular weight excluding hydrogens is 146 g/mol. The van der Waals surface area contributed by atoms with E-state index in [1.54, 1.807) is 0 Å². The molecule has 0 aliphatic carbocycles. The molecule has 1 nitrogen and oxygen atoms in total. The molecule has 68 valence electrons. The Morgan fingerprint density at radius 3 is 2.33 bits per heavy atom. The van der Waals surface area contributed by atoms with Gasteiger partial charge in [-0.1, -0.05) is 39.5 Å². The van der Waals surface area contributed by atoms with Crippen LogP contribution in [0, 0.1) is 5.92 Å². The van der Waals surface area contributed by atoms with Crippen LogP contribution in [0.4, 0.5) is 0 Å². The molecule has 0 radical (unpaired) electrons. The molecule has 0 aliphatic heterocycles. The fourth-order valence-corrected chi connectivity index (χ4v) is 0.935. The monoisotopic (exact) mass is 165 g/mol. The highest BCUT2D eigenvalue weighted by molar-refractivity contribution is 5.25. The first kappa shape index (κ1) is 11.0. The van der Waals surface area contributed by atoms with Crippen LogP contribution < -0.4 is 5.73 Å². The van der Waals surface area contributed by atoms with E-state index in [0.29, 0.717) is 11.6 Å². The lowest BCUT2D eigenvalue weighted by Gasteiger charge is -2.05. The summed E-state index contributed by atoms with van der Waals surface area (Å²) in [4.78, 5) is 0. The van der Waals surface area contributed by atoms with Gasteiger partial charge in [-0.05, 0) is 24.0 Å². The van der Waals surface area contributed by atoms with E-state index in [1.165, 1.54) is 5.57 Å². The smallest absolute Gasteiger partial charge is 0.0241 e. The fraction of sp³-hybridized carbons (Fsp3) is 0.455. The van der Waals surface area contributed by atoms with Crippen LogP contribution in [0.3, 0.4) is 0 Å². The number of hydrogen-bond donors (Lipinski definition) is 1. The van der Waals surface area contributed by atoms with Gasteiger partial charge in [-0.2, -0.15) is 0 Å². The van der Waals surface area contributed by atoms with E-state index in [2.05, 4.69) is 33.4 Å². The maximum Gasteiger partial charge on any atom is 0.0241 e. The third-order valence-electron chi connectivity index (χ3n) is 1.60. The first-order valence-corrected chi connectivity index (χ1v) is 4.40. The predicted octanol–water partition coefficient (Wildman–Crippen LogP) is 3.01. The zero-order chi connectivity index (χ0) is 9.56. The summed E-state index contributed by atoms with van der Waals surface area (Å²) >= 11 is 0. The topological polar surface area (TPSA) is 26.0 Å². The molecule has 0 saturated heterocycles. The number of rotatable bonds is 4. The van der Waals surface area contributed by atoms with E-state index >= 15 is 0 Å². The summed E-state index contributed by atoms with van der Waals surface area (Å²) in [6.07, 6.45) is 7.16. The molecule has 0 rings (SSSR count). The van der Waals surface area contributed by atoms with E-state index in [9.17, 15) is 0 Å². The van der Waals surface area contributed by atoms with Crippen LogP contribution in [0.1, 0.15) is 27.2 Å². The van der Waals surface area contributed by atoms with Gasteiger partial charge in [0, 0.05) is 5.70 Å². The van der Waals surface area contributed by atoms with Crippen molar-refractivity contribution < 1.29 is 0 Å². The zero-order valence-electron chi connectivity index (χ0n) is 8.30. The molecule has 0 atom stereocenters. The molecule has 0 bridgehead atoms. The Labute approximate surface area is 75.7 Å². The maximum atomic E-state index is 5.43. The molecule has 0 saturated carbocycles. The summed E-state index contributed by atoms with van der Waals surface area (Å²) in [7, 11) is 0. The molecule has 0 unspecified atom stereocenters. The summed E-state index contributed by atoms with van der Waals surface area (Å²) in [5.41, 5.74) is 7.36. The van der Waals surface area contributed by atoms with Crippen molar-refractivity contribution in [3.05, 3.63) is 36.1 Å². The Hall–Kier alpha value is -0.980. The Morgan fingerprint density at radius 2 is 2.00 bits per heavy atom. The lowest BCUT2D eigenvalue weighted by atomic mass is 10.0. The standard InChI is InChI=1S/C11H19N/c1-5-6-11(9(2)3)8-7-10(4)12/h6-9H,4-5,12H2,1-3H3/b8-7-,11-6+. The molecule has 0 aromatic rings. The quantitative estimate of drug-likeness (QED) is 0.637. The van der Waals surface area contributed by atoms with Crippen LogP contribution in [0.5, 0.6) is 0 Å². The van der Waals surface area contributed by atoms with Crippen molar-refractivity contribution in [3.63, 3.8) is 0 Å². The van der Waals surface area contributed by atoms with E-state index in [4.69, 9.17) is 5.73 Å². The Kier molecular flexibility index (Phi) is 5.18. The second-order valence-electron chi connectivity index (χ2n) is 3.18. The third-order valence-corrected chi connectivity index (χ3v) is 1.60. The largest absolute Gasteiger partial charge is 0.399 e. The Bertz CT molecular complexity index is 197. The molecule has 2 N–H and O–H groups in total. The van der Waals surface area contributed by atoms with Gasteiger partial charge in [0.25, 0.3) is 0 Å². The second kappa shape index (κ2) is 5.64. The van der Waals surface area contributed by atoms with Gasteiger partial charge in [-0.25, -0.2) is 0 Å². The minimum atomic E-state index is 0.556. The van der Waals surface area contributed by atoms with E-state index in [-0.39, 0.29) is 0 Å². The molecule has 1 heteroatoms. The highest BCUT2D eigenvalue weighted by atomic mass is 14.5. The molecule has 0 aliphatic rings. The summed E-state index contributed by atoms with van der Waals surface area (Å²) < 4.78 is 0. The third kappa shape index (κ3) is 4.78. The van der Waals surface area contributed by atoms with Gasteiger partial charge < -0.3 is 5.73 Å². The molecule has 0 heterocycles. The summed E-state index contributed by atoms with van der Waals surface area (Å²) in [5, 5.41) is 0. The SMILES string of the molecule is C=C(N)/C=C\C(=C/CC)C(C)C. The first-order valence-electron chi connectivity index (χ1n) is 4.40. The molecule has 0 fully saturated rings. The lowest BCUT2D eigenvalue weighted by Crippen LogP contribution is -1.93. The Balaban J connectivity index is 4.34. The first-order chi connectivity index (χ1) is 5.57. The van der Waals surface area contributed by atoms with Gasteiger partial charge in [0.2, 0.25) is 0 Å². The highest BCUT2D eigenvalue weighted by Crippen LogP contribution is 2.12. The average molecular weight is 165 g/mol. The van der Waals surface area contributed by atoms with Crippen molar-refractivity contribution in [3.8, 4) is 0 Å². The second-order valence-corrected chi connectivity index (χ2v) is 3.18. The molecule has 0 aromatic heterocycles. The molecular formula is C11H19N. The number of nitrogens with two attached hydrogens (primary N) is 1. The number of hydrogen-bond acceptors (Lipinski definition) is 1.